The third-order valence-corrected chi connectivity index (χ3v) is 3.65. The van der Waals surface area contributed by atoms with Gasteiger partial charge in [0.1, 0.15) is 17.3 Å². The first kappa shape index (κ1) is 14.7. The molecule has 1 N–H and O–H groups in total. The Bertz CT molecular complexity index is 642. The average Bonchev–Trinajstić information content (AvgIpc) is 2.85. The second-order valence-electron chi connectivity index (χ2n) is 4.49. The number of aromatic nitrogens is 1. The molecule has 0 fully saturated rings. The largest absolute Gasteiger partial charge is 0.356 e. The molecule has 2 rings (SSSR count). The summed E-state index contributed by atoms with van der Waals surface area (Å²) in [6.45, 7) is 1.65. The Labute approximate surface area is 123 Å². The van der Waals surface area contributed by atoms with Crippen molar-refractivity contribution < 1.29 is 13.6 Å². The topological polar surface area (TPSA) is 36.1 Å². The van der Waals surface area contributed by atoms with Crippen molar-refractivity contribution in [1.82, 2.24) is 9.88 Å². The Morgan fingerprint density at radius 2 is 2.05 bits per heavy atom. The number of rotatable bonds is 3. The van der Waals surface area contributed by atoms with Gasteiger partial charge in [-0.15, -0.1) is 0 Å². The van der Waals surface area contributed by atoms with Crippen molar-refractivity contribution in [2.75, 3.05) is 7.05 Å². The van der Waals surface area contributed by atoms with Crippen molar-refractivity contribution in [3.63, 3.8) is 0 Å². The molecule has 6 heteroatoms. The molecule has 20 heavy (non-hydrogen) atoms. The van der Waals surface area contributed by atoms with Crippen LogP contribution in [0.15, 0.2) is 34.9 Å². The molecule has 0 saturated carbocycles. The first-order chi connectivity index (χ1) is 9.40. The van der Waals surface area contributed by atoms with Gasteiger partial charge in [-0.25, -0.2) is 8.78 Å². The highest BCUT2D eigenvalue weighted by atomic mass is 79.9. The fourth-order valence-corrected chi connectivity index (χ4v) is 2.24. The van der Waals surface area contributed by atoms with Crippen LogP contribution in [0.3, 0.4) is 0 Å². The van der Waals surface area contributed by atoms with E-state index in [0.717, 1.165) is 22.7 Å². The predicted octanol–water partition coefficient (Wildman–Crippen LogP) is 3.89. The molecule has 0 bridgehead atoms. The highest BCUT2D eigenvalue weighted by Crippen LogP contribution is 2.24. The summed E-state index contributed by atoms with van der Waals surface area (Å²) in [7, 11) is 1.55. The first-order valence-electron chi connectivity index (χ1n) is 5.96. The van der Waals surface area contributed by atoms with E-state index in [0.29, 0.717) is 5.69 Å². The smallest absolute Gasteiger partial charge is 0.270 e. The van der Waals surface area contributed by atoms with Gasteiger partial charge in [-0.05, 0) is 47.1 Å². The summed E-state index contributed by atoms with van der Waals surface area (Å²) < 4.78 is 27.7. The lowest BCUT2D eigenvalue weighted by Gasteiger charge is -2.25. The number of hydrogen-bond donors (Lipinski definition) is 1. The number of benzene rings is 1. The lowest BCUT2D eigenvalue weighted by molar-refractivity contribution is 0.0735. The minimum absolute atomic E-state index is 0.145. The molecule has 1 heterocycles. The summed E-state index contributed by atoms with van der Waals surface area (Å²) in [5.41, 5.74) is 0.523. The quantitative estimate of drug-likeness (QED) is 0.902. The maximum atomic E-state index is 13.7. The van der Waals surface area contributed by atoms with Crippen LogP contribution in [0.1, 0.15) is 29.0 Å². The maximum absolute atomic E-state index is 13.7. The lowest BCUT2D eigenvalue weighted by Crippen LogP contribution is -2.30. The van der Waals surface area contributed by atoms with Crippen molar-refractivity contribution >= 4 is 21.8 Å². The average molecular weight is 343 g/mol. The SMILES string of the molecule is CC(c1cc(F)ccc1F)N(C)C(=O)c1cc(Br)c[nH]1. The number of halogens is 3. The highest BCUT2D eigenvalue weighted by Gasteiger charge is 2.22. The van der Waals surface area contributed by atoms with E-state index in [9.17, 15) is 13.6 Å². The molecule has 0 aliphatic carbocycles. The van der Waals surface area contributed by atoms with Gasteiger partial charge in [-0.2, -0.15) is 0 Å². The number of amides is 1. The van der Waals surface area contributed by atoms with E-state index in [4.69, 9.17) is 0 Å². The molecular weight excluding hydrogens is 330 g/mol. The Balaban J connectivity index is 2.26. The number of H-pyrrole nitrogens is 1. The normalized spacial score (nSPS) is 12.2. The summed E-state index contributed by atoms with van der Waals surface area (Å²) in [6.07, 6.45) is 1.63. The number of aromatic amines is 1. The molecule has 1 aromatic heterocycles. The van der Waals surface area contributed by atoms with E-state index in [2.05, 4.69) is 20.9 Å². The van der Waals surface area contributed by atoms with Gasteiger partial charge in [-0.3, -0.25) is 4.79 Å². The summed E-state index contributed by atoms with van der Waals surface area (Å²) in [5.74, 6) is -1.37. The summed E-state index contributed by atoms with van der Waals surface area (Å²) in [5, 5.41) is 0. The van der Waals surface area contributed by atoms with E-state index >= 15 is 0 Å². The van der Waals surface area contributed by atoms with E-state index in [1.54, 1.807) is 26.2 Å². The number of carbonyl (C=O) groups is 1. The van der Waals surface area contributed by atoms with E-state index in [-0.39, 0.29) is 11.5 Å². The molecule has 0 radical (unpaired) electrons. The number of nitrogens with zero attached hydrogens (tertiary/aromatic N) is 1. The van der Waals surface area contributed by atoms with Crippen molar-refractivity contribution in [2.45, 2.75) is 13.0 Å². The van der Waals surface area contributed by atoms with Gasteiger partial charge in [-0.1, -0.05) is 0 Å². The molecule has 2 aromatic rings. The van der Waals surface area contributed by atoms with Gasteiger partial charge in [0.2, 0.25) is 0 Å². The van der Waals surface area contributed by atoms with Crippen LogP contribution in [0.25, 0.3) is 0 Å². The minimum Gasteiger partial charge on any atom is -0.356 e. The lowest BCUT2D eigenvalue weighted by atomic mass is 10.1. The maximum Gasteiger partial charge on any atom is 0.270 e. The minimum atomic E-state index is -0.583. The van der Waals surface area contributed by atoms with E-state index in [1.165, 1.54) is 4.90 Å². The molecule has 0 aliphatic heterocycles. The van der Waals surface area contributed by atoms with Crippen LogP contribution >= 0.6 is 15.9 Å². The van der Waals surface area contributed by atoms with Crippen LogP contribution in [0.5, 0.6) is 0 Å². The Morgan fingerprint density at radius 1 is 1.35 bits per heavy atom. The molecule has 0 spiro atoms. The number of hydrogen-bond acceptors (Lipinski definition) is 1. The van der Waals surface area contributed by atoms with Crippen molar-refractivity contribution in [3.05, 3.63) is 57.8 Å². The monoisotopic (exact) mass is 342 g/mol. The van der Waals surface area contributed by atoms with Gasteiger partial charge in [0.15, 0.2) is 0 Å². The van der Waals surface area contributed by atoms with Crippen molar-refractivity contribution in [1.29, 1.82) is 0 Å². The van der Waals surface area contributed by atoms with Gasteiger partial charge in [0.25, 0.3) is 5.91 Å². The Hall–Kier alpha value is -1.69. The van der Waals surface area contributed by atoms with Gasteiger partial charge in [0, 0.05) is 23.3 Å². The van der Waals surface area contributed by atoms with Crippen LogP contribution in [-0.4, -0.2) is 22.8 Å². The van der Waals surface area contributed by atoms with Crippen LogP contribution in [0.4, 0.5) is 8.78 Å². The van der Waals surface area contributed by atoms with Crippen molar-refractivity contribution in [3.8, 4) is 0 Å². The summed E-state index contributed by atoms with van der Waals surface area (Å²) in [4.78, 5) is 16.4. The molecule has 1 aromatic carbocycles. The van der Waals surface area contributed by atoms with E-state index in [1.807, 2.05) is 0 Å². The third kappa shape index (κ3) is 2.90. The van der Waals surface area contributed by atoms with E-state index < -0.39 is 17.7 Å². The van der Waals surface area contributed by atoms with Crippen LogP contribution < -0.4 is 0 Å². The fourth-order valence-electron chi connectivity index (χ4n) is 1.90. The molecule has 0 saturated heterocycles. The van der Waals surface area contributed by atoms with Gasteiger partial charge < -0.3 is 9.88 Å². The number of nitrogens with one attached hydrogen (secondary N) is 1. The second-order valence-corrected chi connectivity index (χ2v) is 5.41. The van der Waals surface area contributed by atoms with Crippen LogP contribution in [0.2, 0.25) is 0 Å². The van der Waals surface area contributed by atoms with Crippen LogP contribution in [-0.2, 0) is 0 Å². The fraction of sp³-hybridized carbons (Fsp3) is 0.214. The van der Waals surface area contributed by atoms with Gasteiger partial charge in [0.05, 0.1) is 6.04 Å². The second kappa shape index (κ2) is 5.75. The zero-order valence-corrected chi connectivity index (χ0v) is 12.5. The summed E-state index contributed by atoms with van der Waals surface area (Å²) in [6, 6.07) is 4.27. The molecular formula is C14H13BrF2N2O. The molecule has 1 unspecified atom stereocenters. The molecule has 106 valence electrons. The third-order valence-electron chi connectivity index (χ3n) is 3.19. The predicted molar refractivity (Wildman–Crippen MR) is 75.4 cm³/mol. The molecule has 0 aliphatic rings. The molecule has 1 atom stereocenters. The van der Waals surface area contributed by atoms with Gasteiger partial charge >= 0.3 is 0 Å². The standard InChI is InChI=1S/C14H13BrF2N2O/c1-8(11-6-10(16)3-4-12(11)17)19(2)14(20)13-5-9(15)7-18-13/h3-8,18H,1-2H3. The molecule has 1 amide bonds. The zero-order chi connectivity index (χ0) is 14.9. The highest BCUT2D eigenvalue weighted by molar-refractivity contribution is 9.10. The molecule has 3 nitrogen and oxygen atoms in total. The first-order valence-corrected chi connectivity index (χ1v) is 6.75. The number of carbonyl (C=O) groups excluding carboxylic acids is 1. The zero-order valence-electron chi connectivity index (χ0n) is 11.0. The van der Waals surface area contributed by atoms with Crippen LogP contribution in [0, 0.1) is 11.6 Å². The Morgan fingerprint density at radius 3 is 2.65 bits per heavy atom. The summed E-state index contributed by atoms with van der Waals surface area (Å²) >= 11 is 3.24. The Kier molecular flexibility index (Phi) is 4.23. The van der Waals surface area contributed by atoms with Crippen molar-refractivity contribution in [2.24, 2.45) is 0 Å².